The van der Waals surface area contributed by atoms with Crippen molar-refractivity contribution in [1.82, 2.24) is 4.83 Å². The third-order valence-corrected chi connectivity index (χ3v) is 1.62. The molecule has 0 aliphatic carbocycles. The van der Waals surface area contributed by atoms with Crippen molar-refractivity contribution in [1.29, 1.82) is 0 Å². The van der Waals surface area contributed by atoms with Gasteiger partial charge in [-0.3, -0.25) is 5.84 Å². The van der Waals surface area contributed by atoms with Crippen molar-refractivity contribution in [3.8, 4) is 0 Å². The number of benzene rings is 1. The zero-order chi connectivity index (χ0) is 7.40. The van der Waals surface area contributed by atoms with E-state index in [0.717, 1.165) is 4.90 Å². The zero-order valence-corrected chi connectivity index (χ0v) is 5.99. The average Bonchev–Trinajstić information content (AvgIpc) is 1.95. The van der Waals surface area contributed by atoms with Crippen LogP contribution in [0.2, 0.25) is 0 Å². The fourth-order valence-electron chi connectivity index (χ4n) is 0.571. The molecule has 0 saturated heterocycles. The molecule has 54 valence electrons. The molecule has 0 spiro atoms. The largest absolute Gasteiger partial charge is 0.261 e. The molecule has 0 atom stereocenters. The van der Waals surface area contributed by atoms with Crippen LogP contribution in [0.3, 0.4) is 0 Å². The summed E-state index contributed by atoms with van der Waals surface area (Å²) >= 11 is 1.25. The van der Waals surface area contributed by atoms with Crippen LogP contribution in [-0.2, 0) is 0 Å². The molecule has 0 aliphatic rings. The van der Waals surface area contributed by atoms with E-state index in [4.69, 9.17) is 5.84 Å². The van der Waals surface area contributed by atoms with Crippen molar-refractivity contribution >= 4 is 11.9 Å². The lowest BCUT2D eigenvalue weighted by Crippen LogP contribution is -2.10. The lowest BCUT2D eigenvalue weighted by molar-refractivity contribution is 0.626. The fraction of sp³-hybridized carbons (Fsp3) is 0. The summed E-state index contributed by atoms with van der Waals surface area (Å²) in [5.41, 5.74) is 0. The lowest BCUT2D eigenvalue weighted by Gasteiger charge is -1.96. The Balaban J connectivity index is 2.69. The van der Waals surface area contributed by atoms with E-state index < -0.39 is 0 Å². The van der Waals surface area contributed by atoms with E-state index in [9.17, 15) is 4.39 Å². The second-order valence-corrected chi connectivity index (χ2v) is 2.59. The summed E-state index contributed by atoms with van der Waals surface area (Å²) in [6, 6.07) is 6.08. The van der Waals surface area contributed by atoms with Gasteiger partial charge in [0.25, 0.3) is 0 Å². The Morgan fingerprint density at radius 1 is 1.30 bits per heavy atom. The summed E-state index contributed by atoms with van der Waals surface area (Å²) in [6.45, 7) is 0. The summed E-state index contributed by atoms with van der Waals surface area (Å²) in [7, 11) is 0. The van der Waals surface area contributed by atoms with E-state index >= 15 is 0 Å². The van der Waals surface area contributed by atoms with Crippen LogP contribution in [0.15, 0.2) is 29.2 Å². The van der Waals surface area contributed by atoms with Crippen molar-refractivity contribution in [3.05, 3.63) is 30.1 Å². The molecule has 0 saturated carbocycles. The SMILES string of the molecule is NNSc1ccc(F)cc1. The van der Waals surface area contributed by atoms with E-state index in [-0.39, 0.29) is 5.82 Å². The van der Waals surface area contributed by atoms with Gasteiger partial charge in [-0.25, -0.2) is 4.39 Å². The Morgan fingerprint density at radius 2 is 1.90 bits per heavy atom. The second-order valence-electron chi connectivity index (χ2n) is 1.67. The lowest BCUT2D eigenvalue weighted by atomic mass is 10.4. The first-order valence-corrected chi connectivity index (χ1v) is 3.52. The van der Waals surface area contributed by atoms with Crippen LogP contribution in [0.1, 0.15) is 0 Å². The van der Waals surface area contributed by atoms with Crippen molar-refractivity contribution in [3.63, 3.8) is 0 Å². The van der Waals surface area contributed by atoms with Crippen molar-refractivity contribution < 1.29 is 4.39 Å². The van der Waals surface area contributed by atoms with Gasteiger partial charge in [-0.05, 0) is 36.2 Å². The van der Waals surface area contributed by atoms with E-state index in [1.165, 1.54) is 24.1 Å². The molecular formula is C6H7FN2S. The van der Waals surface area contributed by atoms with Gasteiger partial charge in [0.05, 0.1) is 0 Å². The van der Waals surface area contributed by atoms with Gasteiger partial charge < -0.3 is 0 Å². The molecule has 4 heteroatoms. The van der Waals surface area contributed by atoms with Gasteiger partial charge >= 0.3 is 0 Å². The summed E-state index contributed by atoms with van der Waals surface area (Å²) in [5.74, 6) is 4.78. The average molecular weight is 158 g/mol. The van der Waals surface area contributed by atoms with Gasteiger partial charge in [0.15, 0.2) is 0 Å². The van der Waals surface area contributed by atoms with Gasteiger partial charge in [-0.15, -0.1) is 0 Å². The third-order valence-electron chi connectivity index (χ3n) is 0.990. The molecule has 0 amide bonds. The van der Waals surface area contributed by atoms with E-state index in [1.807, 2.05) is 0 Å². The normalized spacial score (nSPS) is 9.80. The van der Waals surface area contributed by atoms with Crippen molar-refractivity contribution in [2.75, 3.05) is 0 Å². The molecular weight excluding hydrogens is 151 g/mol. The maximum atomic E-state index is 12.3. The van der Waals surface area contributed by atoms with Gasteiger partial charge in [-0.2, -0.15) is 4.83 Å². The molecule has 3 N–H and O–H groups in total. The molecule has 0 radical (unpaired) electrons. The summed E-state index contributed by atoms with van der Waals surface area (Å²) in [5, 5.41) is 0. The Labute approximate surface area is 62.7 Å². The summed E-state index contributed by atoms with van der Waals surface area (Å²) in [6.07, 6.45) is 0. The minimum atomic E-state index is -0.235. The first-order valence-electron chi connectivity index (χ1n) is 2.71. The number of nitrogens with two attached hydrogens (primary N) is 1. The number of nitrogens with one attached hydrogen (secondary N) is 1. The van der Waals surface area contributed by atoms with Gasteiger partial charge in [0, 0.05) is 4.90 Å². The van der Waals surface area contributed by atoms with E-state index in [1.54, 1.807) is 12.1 Å². The minimum absolute atomic E-state index is 0.235. The first-order chi connectivity index (χ1) is 4.83. The predicted octanol–water partition coefficient (Wildman–Crippen LogP) is 1.30. The zero-order valence-electron chi connectivity index (χ0n) is 5.17. The molecule has 0 bridgehead atoms. The molecule has 10 heavy (non-hydrogen) atoms. The topological polar surface area (TPSA) is 38.0 Å². The fourth-order valence-corrected chi connectivity index (χ4v) is 0.979. The van der Waals surface area contributed by atoms with Gasteiger partial charge in [0.1, 0.15) is 5.82 Å². The number of hydrogen-bond donors (Lipinski definition) is 2. The Kier molecular flexibility index (Phi) is 2.68. The van der Waals surface area contributed by atoms with Crippen LogP contribution < -0.4 is 10.7 Å². The predicted molar refractivity (Wildman–Crippen MR) is 39.6 cm³/mol. The molecule has 1 aromatic carbocycles. The molecule has 1 rings (SSSR count). The highest BCUT2D eigenvalue weighted by atomic mass is 32.2. The Morgan fingerprint density at radius 3 is 2.40 bits per heavy atom. The summed E-state index contributed by atoms with van der Waals surface area (Å²) < 4.78 is 12.3. The maximum Gasteiger partial charge on any atom is 0.123 e. The maximum absolute atomic E-state index is 12.3. The van der Waals surface area contributed by atoms with Crippen LogP contribution in [-0.4, -0.2) is 0 Å². The standard InChI is InChI=1S/C6H7FN2S/c7-5-1-3-6(4-2-5)10-9-8/h1-4,9H,8H2. The highest BCUT2D eigenvalue weighted by Crippen LogP contribution is 2.12. The number of rotatable bonds is 2. The summed E-state index contributed by atoms with van der Waals surface area (Å²) in [4.78, 5) is 3.29. The minimum Gasteiger partial charge on any atom is -0.261 e. The van der Waals surface area contributed by atoms with Crippen LogP contribution >= 0.6 is 11.9 Å². The molecule has 0 unspecified atom stereocenters. The highest BCUT2D eigenvalue weighted by molar-refractivity contribution is 7.97. The number of hydrogen-bond acceptors (Lipinski definition) is 3. The smallest absolute Gasteiger partial charge is 0.123 e. The van der Waals surface area contributed by atoms with Gasteiger partial charge in [0.2, 0.25) is 0 Å². The number of halogens is 1. The second kappa shape index (κ2) is 3.55. The van der Waals surface area contributed by atoms with Crippen LogP contribution in [0.25, 0.3) is 0 Å². The molecule has 0 heterocycles. The van der Waals surface area contributed by atoms with Crippen LogP contribution in [0.5, 0.6) is 0 Å². The third kappa shape index (κ3) is 1.98. The van der Waals surface area contributed by atoms with Crippen LogP contribution in [0.4, 0.5) is 4.39 Å². The van der Waals surface area contributed by atoms with Gasteiger partial charge in [-0.1, -0.05) is 0 Å². The van der Waals surface area contributed by atoms with Crippen LogP contribution in [0, 0.1) is 5.82 Å². The molecule has 0 fully saturated rings. The first kappa shape index (κ1) is 7.53. The van der Waals surface area contributed by atoms with Crippen molar-refractivity contribution in [2.24, 2.45) is 5.84 Å². The molecule has 2 nitrogen and oxygen atoms in total. The quantitative estimate of drug-likeness (QED) is 0.387. The highest BCUT2D eigenvalue weighted by Gasteiger charge is 1.90. The molecule has 1 aromatic rings. The Bertz CT molecular complexity index is 199. The molecule has 0 aliphatic heterocycles. The monoisotopic (exact) mass is 158 g/mol. The van der Waals surface area contributed by atoms with E-state index in [2.05, 4.69) is 4.83 Å². The molecule has 0 aromatic heterocycles. The van der Waals surface area contributed by atoms with Crippen molar-refractivity contribution in [2.45, 2.75) is 4.90 Å². The number of hydrazine groups is 1. The Hall–Kier alpha value is -0.580. The van der Waals surface area contributed by atoms with E-state index in [0.29, 0.717) is 0 Å².